The van der Waals surface area contributed by atoms with Crippen LogP contribution in [0.5, 0.6) is 0 Å². The Kier molecular flexibility index (Phi) is 2.67. The van der Waals surface area contributed by atoms with E-state index < -0.39 is 5.82 Å². The molecule has 2 aromatic carbocycles. The largest absolute Gasteiger partial charge is 0.278 e. The molecule has 23 heavy (non-hydrogen) atoms. The van der Waals surface area contributed by atoms with E-state index in [-0.39, 0.29) is 11.3 Å². The van der Waals surface area contributed by atoms with Gasteiger partial charge in [-0.05, 0) is 24.3 Å². The summed E-state index contributed by atoms with van der Waals surface area (Å²) in [6, 6.07) is 4.39. The maximum absolute atomic E-state index is 13.7. The van der Waals surface area contributed by atoms with Crippen molar-refractivity contribution >= 4 is 40.5 Å². The van der Waals surface area contributed by atoms with Gasteiger partial charge in [0.05, 0.1) is 16.6 Å². The molecule has 1 amide bonds. The second-order valence-electron chi connectivity index (χ2n) is 6.72. The minimum atomic E-state index is -0.392. The lowest BCUT2D eigenvalue weighted by atomic mass is 9.95. The number of hydrogen-bond donors (Lipinski definition) is 0. The van der Waals surface area contributed by atoms with Crippen molar-refractivity contribution in [1.29, 1.82) is 0 Å². The third-order valence-corrected chi connectivity index (χ3v) is 4.01. The molecule has 2 aromatic rings. The van der Waals surface area contributed by atoms with E-state index in [1.165, 1.54) is 18.3 Å². The third kappa shape index (κ3) is 1.96. The fourth-order valence-electron chi connectivity index (χ4n) is 2.88. The van der Waals surface area contributed by atoms with Gasteiger partial charge in [-0.25, -0.2) is 19.4 Å². The Labute approximate surface area is 131 Å². The van der Waals surface area contributed by atoms with Gasteiger partial charge in [0.1, 0.15) is 11.7 Å². The van der Waals surface area contributed by atoms with Gasteiger partial charge in [-0.1, -0.05) is 20.8 Å². The molecule has 0 saturated carbocycles. The smallest absolute Gasteiger partial charge is 0.267 e. The lowest BCUT2D eigenvalue weighted by Crippen LogP contribution is -2.33. The molecule has 0 spiro atoms. The van der Waals surface area contributed by atoms with Gasteiger partial charge in [0.25, 0.3) is 5.91 Å². The molecule has 2 aliphatic heterocycles. The van der Waals surface area contributed by atoms with Crippen LogP contribution in [0, 0.1) is 11.2 Å². The number of carbonyl (C=O) groups is 1. The number of amides is 1. The van der Waals surface area contributed by atoms with Gasteiger partial charge in [0.15, 0.2) is 0 Å². The first-order valence-electron chi connectivity index (χ1n) is 7.38. The van der Waals surface area contributed by atoms with E-state index in [0.717, 1.165) is 5.39 Å². The highest BCUT2D eigenvalue weighted by Gasteiger charge is 2.26. The first-order valence-corrected chi connectivity index (χ1v) is 7.38. The van der Waals surface area contributed by atoms with Gasteiger partial charge < -0.3 is 0 Å². The Morgan fingerprint density at radius 1 is 1.09 bits per heavy atom. The number of benzene rings is 2. The van der Waals surface area contributed by atoms with Crippen LogP contribution in [0.2, 0.25) is 0 Å². The van der Waals surface area contributed by atoms with Crippen LogP contribution in [0.3, 0.4) is 0 Å². The van der Waals surface area contributed by atoms with Crippen LogP contribution in [0.1, 0.15) is 31.1 Å². The molecule has 4 rings (SSSR count). The fourth-order valence-corrected chi connectivity index (χ4v) is 2.88. The molecule has 0 unspecified atom stereocenters. The van der Waals surface area contributed by atoms with Crippen molar-refractivity contribution in [2.24, 2.45) is 20.4 Å². The Morgan fingerprint density at radius 2 is 1.87 bits per heavy atom. The van der Waals surface area contributed by atoms with Crippen molar-refractivity contribution < 1.29 is 9.18 Å². The van der Waals surface area contributed by atoms with Crippen LogP contribution in [0.4, 0.5) is 10.1 Å². The van der Waals surface area contributed by atoms with Crippen LogP contribution in [0.25, 0.3) is 16.8 Å². The van der Waals surface area contributed by atoms with Crippen LogP contribution >= 0.6 is 0 Å². The molecule has 114 valence electrons. The maximum Gasteiger partial charge on any atom is 0.278 e. The summed E-state index contributed by atoms with van der Waals surface area (Å²) in [5, 5.41) is 2.59. The molecule has 0 saturated heterocycles. The number of fused-ring (bicyclic) bond motifs is 6. The van der Waals surface area contributed by atoms with Gasteiger partial charge in [-0.2, -0.15) is 0 Å². The Balaban J connectivity index is 2.24. The van der Waals surface area contributed by atoms with E-state index in [2.05, 4.69) is 15.0 Å². The van der Waals surface area contributed by atoms with E-state index in [0.29, 0.717) is 33.0 Å². The number of carbonyl (C=O) groups excluding carboxylic acids is 1. The zero-order valence-corrected chi connectivity index (χ0v) is 13.0. The molecule has 2 aliphatic rings. The van der Waals surface area contributed by atoms with Crippen molar-refractivity contribution in [1.82, 2.24) is 0 Å². The van der Waals surface area contributed by atoms with Gasteiger partial charge in [0.2, 0.25) is 0 Å². The molecule has 0 fully saturated rings. The van der Waals surface area contributed by atoms with Crippen LogP contribution in [0.15, 0.2) is 33.2 Å². The van der Waals surface area contributed by atoms with Gasteiger partial charge >= 0.3 is 0 Å². The zero-order valence-electron chi connectivity index (χ0n) is 13.0. The van der Waals surface area contributed by atoms with Crippen molar-refractivity contribution in [3.05, 3.63) is 40.2 Å². The molecular weight excluding hydrogens is 293 g/mol. The SMILES string of the molecule is CC(C)(C)C1=Nc2c(c3c(c4cc(F)ccc24)C(=O)N=CC=3)=N1. The normalized spacial score (nSPS) is 15.8. The van der Waals surface area contributed by atoms with Gasteiger partial charge in [-0.3, -0.25) is 4.79 Å². The van der Waals surface area contributed by atoms with Crippen LogP contribution < -0.4 is 10.6 Å². The highest BCUT2D eigenvalue weighted by atomic mass is 19.1. The summed E-state index contributed by atoms with van der Waals surface area (Å²) in [5.74, 6) is -0.0628. The lowest BCUT2D eigenvalue weighted by molar-refractivity contribution is 0.100. The average Bonchev–Trinajstić information content (AvgIpc) is 2.92. The molecule has 0 radical (unpaired) electrons. The number of rotatable bonds is 0. The van der Waals surface area contributed by atoms with Crippen molar-refractivity contribution in [2.45, 2.75) is 20.8 Å². The predicted molar refractivity (Wildman–Crippen MR) is 88.5 cm³/mol. The van der Waals surface area contributed by atoms with Gasteiger partial charge in [0, 0.05) is 27.6 Å². The van der Waals surface area contributed by atoms with E-state index in [1.54, 1.807) is 12.1 Å². The summed E-state index contributed by atoms with van der Waals surface area (Å²) in [6.07, 6.45) is 3.20. The number of hydrogen-bond acceptors (Lipinski definition) is 3. The highest BCUT2D eigenvalue weighted by Crippen LogP contribution is 2.30. The first kappa shape index (κ1) is 13.9. The number of nitrogens with zero attached hydrogens (tertiary/aromatic N) is 3. The monoisotopic (exact) mass is 307 g/mol. The van der Waals surface area contributed by atoms with E-state index in [9.17, 15) is 9.18 Å². The second-order valence-corrected chi connectivity index (χ2v) is 6.72. The quantitative estimate of drug-likeness (QED) is 0.738. The van der Waals surface area contributed by atoms with E-state index >= 15 is 0 Å². The number of halogens is 1. The third-order valence-electron chi connectivity index (χ3n) is 4.01. The number of aliphatic imine (C=N–C) groups is 2. The second kappa shape index (κ2) is 4.41. The van der Waals surface area contributed by atoms with E-state index in [1.807, 2.05) is 20.8 Å². The van der Waals surface area contributed by atoms with Crippen molar-refractivity contribution in [3.8, 4) is 0 Å². The topological polar surface area (TPSA) is 54.1 Å². The van der Waals surface area contributed by atoms with Crippen molar-refractivity contribution in [3.63, 3.8) is 0 Å². The molecule has 5 heteroatoms. The number of amidine groups is 1. The molecule has 0 aliphatic carbocycles. The molecular formula is C18H14FN3O. The summed E-state index contributed by atoms with van der Waals surface area (Å²) < 4.78 is 13.7. The minimum absolute atomic E-state index is 0.217. The predicted octanol–water partition coefficient (Wildman–Crippen LogP) is 2.69. The summed E-state index contributed by atoms with van der Waals surface area (Å²) >= 11 is 0. The Bertz CT molecular complexity index is 1070. The summed E-state index contributed by atoms with van der Waals surface area (Å²) in [7, 11) is 0. The Hall–Kier alpha value is -2.69. The molecule has 4 nitrogen and oxygen atoms in total. The molecule has 0 N–H and O–H groups in total. The van der Waals surface area contributed by atoms with Crippen LogP contribution in [-0.4, -0.2) is 18.0 Å². The minimum Gasteiger partial charge on any atom is -0.267 e. The van der Waals surface area contributed by atoms with Crippen molar-refractivity contribution in [2.75, 3.05) is 0 Å². The zero-order chi connectivity index (χ0) is 16.4. The standard InChI is InChI=1S/C18H14FN3O/c1-18(2,3)17-21-14-10-5-4-9(19)8-12(10)13-11(15(14)22-17)6-7-20-16(13)23/h4-8H,1-3H3. The molecule has 0 bridgehead atoms. The average molecular weight is 307 g/mol. The summed E-state index contributed by atoms with van der Waals surface area (Å²) in [5.41, 5.74) is 0.878. The highest BCUT2D eigenvalue weighted by molar-refractivity contribution is 6.18. The maximum atomic E-state index is 13.7. The first-order chi connectivity index (χ1) is 10.9. The van der Waals surface area contributed by atoms with Crippen LogP contribution in [-0.2, 0) is 0 Å². The summed E-state index contributed by atoms with van der Waals surface area (Å²) in [4.78, 5) is 25.4. The molecule has 0 aromatic heterocycles. The fraction of sp³-hybridized carbons (Fsp3) is 0.222. The summed E-state index contributed by atoms with van der Waals surface area (Å²) in [6.45, 7) is 6.10. The van der Waals surface area contributed by atoms with E-state index in [4.69, 9.17) is 0 Å². The Morgan fingerprint density at radius 3 is 2.61 bits per heavy atom. The lowest BCUT2D eigenvalue weighted by Gasteiger charge is -2.14. The molecule has 2 heterocycles. The van der Waals surface area contributed by atoms with Gasteiger partial charge in [-0.15, -0.1) is 0 Å². The molecule has 0 atom stereocenters.